The Balaban J connectivity index is 2.02. The molecule has 0 aliphatic carbocycles. The molecule has 0 aliphatic rings. The molecule has 118 valence electrons. The molecule has 0 aliphatic heterocycles. The van der Waals surface area contributed by atoms with Crippen LogP contribution in [-0.4, -0.2) is 25.1 Å². The van der Waals surface area contributed by atoms with Crippen LogP contribution in [0.2, 0.25) is 0 Å². The molecular formula is C16H20N2O3S. The highest BCUT2D eigenvalue weighted by molar-refractivity contribution is 7.13. The highest BCUT2D eigenvalue weighted by Gasteiger charge is 2.11. The number of nitrogens with one attached hydrogen (secondary N) is 1. The topological polar surface area (TPSA) is 60.5 Å². The lowest BCUT2D eigenvalue weighted by atomic mass is 10.1. The van der Waals surface area contributed by atoms with Gasteiger partial charge in [-0.3, -0.25) is 4.79 Å². The van der Waals surface area contributed by atoms with Crippen LogP contribution in [0.5, 0.6) is 11.5 Å². The summed E-state index contributed by atoms with van der Waals surface area (Å²) in [6, 6.07) is 5.45. The molecule has 1 aromatic carbocycles. The number of carbonyl (C=O) groups excluding carboxylic acids is 1. The summed E-state index contributed by atoms with van der Waals surface area (Å²) in [5.74, 6) is 1.52. The third-order valence-corrected chi connectivity index (χ3v) is 3.95. The van der Waals surface area contributed by atoms with Gasteiger partial charge in [0.2, 0.25) is 5.91 Å². The number of amides is 1. The van der Waals surface area contributed by atoms with Crippen LogP contribution in [-0.2, 0) is 11.2 Å². The molecule has 2 aromatic rings. The van der Waals surface area contributed by atoms with Gasteiger partial charge in [-0.2, -0.15) is 0 Å². The number of hydrogen-bond donors (Lipinski definition) is 1. The Morgan fingerprint density at radius 1 is 1.27 bits per heavy atom. The summed E-state index contributed by atoms with van der Waals surface area (Å²) in [5.41, 5.74) is 1.85. The van der Waals surface area contributed by atoms with E-state index in [1.165, 1.54) is 11.3 Å². The molecule has 6 heteroatoms. The van der Waals surface area contributed by atoms with Gasteiger partial charge in [0.1, 0.15) is 0 Å². The maximum Gasteiger partial charge on any atom is 0.230 e. The van der Waals surface area contributed by atoms with E-state index in [1.54, 1.807) is 26.4 Å². The van der Waals surface area contributed by atoms with Gasteiger partial charge in [0.05, 0.1) is 26.3 Å². The fourth-order valence-corrected chi connectivity index (χ4v) is 2.84. The lowest BCUT2D eigenvalue weighted by molar-refractivity contribution is -0.115. The lowest BCUT2D eigenvalue weighted by Crippen LogP contribution is -2.14. The minimum absolute atomic E-state index is 0.100. The van der Waals surface area contributed by atoms with Crippen LogP contribution in [0.4, 0.5) is 5.13 Å². The van der Waals surface area contributed by atoms with Crippen LogP contribution < -0.4 is 14.8 Å². The summed E-state index contributed by atoms with van der Waals surface area (Å²) < 4.78 is 10.4. The number of benzene rings is 1. The van der Waals surface area contributed by atoms with Gasteiger partial charge in [-0.25, -0.2) is 4.98 Å². The van der Waals surface area contributed by atoms with Crippen molar-refractivity contribution < 1.29 is 14.3 Å². The third kappa shape index (κ3) is 3.98. The first-order chi connectivity index (χ1) is 10.5. The molecule has 2 rings (SSSR count). The molecule has 22 heavy (non-hydrogen) atoms. The molecule has 0 saturated carbocycles. The molecule has 5 nitrogen and oxygen atoms in total. The molecule has 1 amide bonds. The van der Waals surface area contributed by atoms with E-state index in [9.17, 15) is 4.79 Å². The van der Waals surface area contributed by atoms with Gasteiger partial charge >= 0.3 is 0 Å². The van der Waals surface area contributed by atoms with E-state index in [4.69, 9.17) is 9.47 Å². The fraction of sp³-hybridized carbons (Fsp3) is 0.375. The molecule has 0 unspecified atom stereocenters. The number of anilines is 1. The number of carbonyl (C=O) groups is 1. The van der Waals surface area contributed by atoms with Crippen LogP contribution in [0.15, 0.2) is 23.6 Å². The van der Waals surface area contributed by atoms with E-state index in [-0.39, 0.29) is 12.3 Å². The van der Waals surface area contributed by atoms with Gasteiger partial charge in [-0.1, -0.05) is 19.9 Å². The Morgan fingerprint density at radius 3 is 2.59 bits per heavy atom. The van der Waals surface area contributed by atoms with Gasteiger partial charge in [0.25, 0.3) is 0 Å². The second-order valence-electron chi connectivity index (χ2n) is 5.15. The standard InChI is InChI=1S/C16H20N2O3S/c1-10(2)12-9-22-16(17-12)18-15(19)8-11-5-6-13(20-3)14(7-11)21-4/h5-7,9-10H,8H2,1-4H3,(H,17,18,19). The van der Waals surface area contributed by atoms with Crippen LogP contribution in [0.1, 0.15) is 31.0 Å². The number of ether oxygens (including phenoxy) is 2. The number of hydrogen-bond acceptors (Lipinski definition) is 5. The Bertz CT molecular complexity index is 653. The molecule has 0 spiro atoms. The highest BCUT2D eigenvalue weighted by Crippen LogP contribution is 2.28. The summed E-state index contributed by atoms with van der Waals surface area (Å²) in [6.45, 7) is 4.15. The monoisotopic (exact) mass is 320 g/mol. The van der Waals surface area contributed by atoms with Crippen molar-refractivity contribution in [1.29, 1.82) is 0 Å². The Hall–Kier alpha value is -2.08. The summed E-state index contributed by atoms with van der Waals surface area (Å²) in [7, 11) is 3.16. The Kier molecular flexibility index (Phi) is 5.38. The third-order valence-electron chi connectivity index (χ3n) is 3.17. The Labute approximate surface area is 134 Å². The van der Waals surface area contributed by atoms with Crippen molar-refractivity contribution in [2.24, 2.45) is 0 Å². The summed E-state index contributed by atoms with van der Waals surface area (Å²) in [6.07, 6.45) is 0.261. The molecule has 0 radical (unpaired) electrons. The average Bonchev–Trinajstić information content (AvgIpc) is 2.95. The normalized spacial score (nSPS) is 10.6. The maximum atomic E-state index is 12.1. The molecule has 0 saturated heterocycles. The first-order valence-electron chi connectivity index (χ1n) is 6.99. The van der Waals surface area contributed by atoms with Crippen molar-refractivity contribution >= 4 is 22.4 Å². The second-order valence-corrected chi connectivity index (χ2v) is 6.00. The number of rotatable bonds is 6. The van der Waals surface area contributed by atoms with E-state index in [1.807, 2.05) is 11.4 Å². The Morgan fingerprint density at radius 2 is 2.00 bits per heavy atom. The minimum atomic E-state index is -0.100. The van der Waals surface area contributed by atoms with Crippen molar-refractivity contribution in [3.05, 3.63) is 34.8 Å². The van der Waals surface area contributed by atoms with E-state index >= 15 is 0 Å². The van der Waals surface area contributed by atoms with Gasteiger partial charge in [0.15, 0.2) is 16.6 Å². The minimum Gasteiger partial charge on any atom is -0.493 e. The van der Waals surface area contributed by atoms with Crippen LogP contribution in [0.3, 0.4) is 0 Å². The summed E-state index contributed by atoms with van der Waals surface area (Å²) >= 11 is 1.44. The molecule has 0 fully saturated rings. The largest absolute Gasteiger partial charge is 0.493 e. The van der Waals surface area contributed by atoms with Gasteiger partial charge in [-0.15, -0.1) is 11.3 Å². The van der Waals surface area contributed by atoms with Crippen molar-refractivity contribution in [1.82, 2.24) is 4.98 Å². The number of aromatic nitrogens is 1. The van der Waals surface area contributed by atoms with E-state index in [2.05, 4.69) is 24.1 Å². The SMILES string of the molecule is COc1ccc(CC(=O)Nc2nc(C(C)C)cs2)cc1OC. The van der Waals surface area contributed by atoms with Crippen LogP contribution in [0.25, 0.3) is 0 Å². The average molecular weight is 320 g/mol. The molecule has 1 aromatic heterocycles. The van der Waals surface area contributed by atoms with Crippen molar-refractivity contribution in [3.63, 3.8) is 0 Å². The van der Waals surface area contributed by atoms with E-state index in [0.29, 0.717) is 22.5 Å². The zero-order valence-corrected chi connectivity index (χ0v) is 14.0. The number of thiazole rings is 1. The van der Waals surface area contributed by atoms with Crippen LogP contribution in [0, 0.1) is 0 Å². The van der Waals surface area contributed by atoms with E-state index in [0.717, 1.165) is 11.3 Å². The van der Waals surface area contributed by atoms with Gasteiger partial charge in [0, 0.05) is 5.38 Å². The lowest BCUT2D eigenvalue weighted by Gasteiger charge is -2.09. The smallest absolute Gasteiger partial charge is 0.230 e. The fourth-order valence-electron chi connectivity index (χ4n) is 1.95. The van der Waals surface area contributed by atoms with Crippen molar-refractivity contribution in [3.8, 4) is 11.5 Å². The zero-order chi connectivity index (χ0) is 16.1. The van der Waals surface area contributed by atoms with Crippen molar-refractivity contribution in [2.45, 2.75) is 26.2 Å². The number of nitrogens with zero attached hydrogens (tertiary/aromatic N) is 1. The molecule has 1 N–H and O–H groups in total. The second kappa shape index (κ2) is 7.26. The molecule has 0 atom stereocenters. The highest BCUT2D eigenvalue weighted by atomic mass is 32.1. The van der Waals surface area contributed by atoms with Crippen LogP contribution >= 0.6 is 11.3 Å². The quantitative estimate of drug-likeness (QED) is 0.885. The molecule has 0 bridgehead atoms. The summed E-state index contributed by atoms with van der Waals surface area (Å²) in [5, 5.41) is 5.43. The molecular weight excluding hydrogens is 300 g/mol. The molecule has 1 heterocycles. The summed E-state index contributed by atoms with van der Waals surface area (Å²) in [4.78, 5) is 16.5. The van der Waals surface area contributed by atoms with E-state index < -0.39 is 0 Å². The first kappa shape index (κ1) is 16.3. The zero-order valence-electron chi connectivity index (χ0n) is 13.2. The van der Waals surface area contributed by atoms with Gasteiger partial charge in [-0.05, 0) is 23.6 Å². The maximum absolute atomic E-state index is 12.1. The predicted octanol–water partition coefficient (Wildman–Crippen LogP) is 3.46. The van der Waals surface area contributed by atoms with Crippen molar-refractivity contribution in [2.75, 3.05) is 19.5 Å². The first-order valence-corrected chi connectivity index (χ1v) is 7.87. The number of methoxy groups -OCH3 is 2. The predicted molar refractivity (Wildman–Crippen MR) is 88.1 cm³/mol. The van der Waals surface area contributed by atoms with Gasteiger partial charge < -0.3 is 14.8 Å².